The number of aliphatic hydroxyl groups is 1. The Labute approximate surface area is 141 Å². The smallest absolute Gasteiger partial charge is 0.0582 e. The van der Waals surface area contributed by atoms with Crippen molar-refractivity contribution in [1.82, 2.24) is 5.32 Å². The average Bonchev–Trinajstić information content (AvgIpc) is 2.58. The zero-order valence-corrected chi connectivity index (χ0v) is 13.9. The highest BCUT2D eigenvalue weighted by molar-refractivity contribution is 6.23. The van der Waals surface area contributed by atoms with Gasteiger partial charge in [-0.2, -0.15) is 0 Å². The minimum absolute atomic E-state index is 0. The molecule has 0 bridgehead atoms. The molecule has 0 saturated carbocycles. The summed E-state index contributed by atoms with van der Waals surface area (Å²) >= 11 is 0. The van der Waals surface area contributed by atoms with E-state index in [1.807, 2.05) is 6.92 Å². The van der Waals surface area contributed by atoms with Crippen molar-refractivity contribution < 1.29 is 5.11 Å². The highest BCUT2D eigenvalue weighted by Gasteiger charge is 2.10. The molecule has 0 aromatic heterocycles. The van der Waals surface area contributed by atoms with Crippen molar-refractivity contribution in [2.45, 2.75) is 19.5 Å². The van der Waals surface area contributed by atoms with E-state index in [-0.39, 0.29) is 25.1 Å². The second-order valence-corrected chi connectivity index (χ2v) is 6.05. The summed E-state index contributed by atoms with van der Waals surface area (Å²) in [4.78, 5) is 0. The van der Waals surface area contributed by atoms with Crippen molar-refractivity contribution in [2.75, 3.05) is 6.61 Å². The average molecular weight is 326 g/mol. The zero-order valence-electron chi connectivity index (χ0n) is 13.0. The van der Waals surface area contributed by atoms with E-state index in [9.17, 15) is 5.11 Å². The maximum atomic E-state index is 9.19. The van der Waals surface area contributed by atoms with Crippen molar-refractivity contribution in [1.29, 1.82) is 0 Å². The second-order valence-electron chi connectivity index (χ2n) is 6.05. The predicted octanol–water partition coefficient (Wildman–Crippen LogP) is 4.48. The van der Waals surface area contributed by atoms with Gasteiger partial charge in [-0.1, -0.05) is 54.6 Å². The van der Waals surface area contributed by atoms with E-state index in [1.54, 1.807) is 0 Å². The Balaban J connectivity index is 0.00000156. The van der Waals surface area contributed by atoms with E-state index in [2.05, 4.69) is 59.9 Å². The minimum atomic E-state index is 0. The Hall–Kier alpha value is -1.87. The number of rotatable bonds is 4. The van der Waals surface area contributed by atoms with Crippen LogP contribution in [0.25, 0.3) is 32.3 Å². The monoisotopic (exact) mass is 325 g/mol. The van der Waals surface area contributed by atoms with Gasteiger partial charge >= 0.3 is 0 Å². The maximum Gasteiger partial charge on any atom is 0.0582 e. The van der Waals surface area contributed by atoms with Gasteiger partial charge in [0, 0.05) is 12.6 Å². The van der Waals surface area contributed by atoms with Crippen molar-refractivity contribution in [3.05, 3.63) is 60.2 Å². The first kappa shape index (κ1) is 16.0. The fourth-order valence-electron chi connectivity index (χ4n) is 3.30. The summed E-state index contributed by atoms with van der Waals surface area (Å²) in [6, 6.07) is 19.8. The van der Waals surface area contributed by atoms with E-state index < -0.39 is 0 Å². The molecular weight excluding hydrogens is 306 g/mol. The summed E-state index contributed by atoms with van der Waals surface area (Å²) in [7, 11) is 0. The molecule has 0 aliphatic heterocycles. The first-order valence-corrected chi connectivity index (χ1v) is 7.77. The summed E-state index contributed by atoms with van der Waals surface area (Å²) in [5, 5.41) is 20.5. The molecule has 0 aliphatic carbocycles. The van der Waals surface area contributed by atoms with E-state index in [1.165, 1.54) is 37.9 Å². The molecule has 0 radical (unpaired) electrons. The number of hydrogen-bond donors (Lipinski definition) is 2. The fraction of sp³-hybridized carbons (Fsp3) is 0.200. The van der Waals surface area contributed by atoms with Crippen LogP contribution >= 0.6 is 12.4 Å². The Morgan fingerprint density at radius 2 is 1.48 bits per heavy atom. The molecule has 4 aromatic rings. The molecule has 1 unspecified atom stereocenters. The number of hydrogen-bond acceptors (Lipinski definition) is 2. The Morgan fingerprint density at radius 3 is 2.17 bits per heavy atom. The van der Waals surface area contributed by atoms with Crippen LogP contribution in [0.1, 0.15) is 12.5 Å². The van der Waals surface area contributed by atoms with Crippen LogP contribution in [0, 0.1) is 0 Å². The highest BCUT2D eigenvalue weighted by Crippen LogP contribution is 2.35. The molecular formula is C20H20ClNO. The molecule has 23 heavy (non-hydrogen) atoms. The van der Waals surface area contributed by atoms with Crippen LogP contribution in [0.5, 0.6) is 0 Å². The summed E-state index contributed by atoms with van der Waals surface area (Å²) in [5.41, 5.74) is 1.28. The molecule has 1 atom stereocenters. The SMILES string of the molecule is CC(CO)NCc1ccc2ccc3cccc4ccc1c2c34.Cl. The summed E-state index contributed by atoms with van der Waals surface area (Å²) in [6.45, 7) is 2.93. The molecule has 0 fully saturated rings. The van der Waals surface area contributed by atoms with Gasteiger partial charge in [0.1, 0.15) is 0 Å². The lowest BCUT2D eigenvalue weighted by molar-refractivity contribution is 0.251. The molecule has 4 aromatic carbocycles. The molecule has 4 rings (SSSR count). The lowest BCUT2D eigenvalue weighted by Crippen LogP contribution is -2.28. The normalized spacial score (nSPS) is 12.8. The van der Waals surface area contributed by atoms with Gasteiger partial charge in [-0.3, -0.25) is 0 Å². The number of halogens is 1. The van der Waals surface area contributed by atoms with E-state index in [0.717, 1.165) is 6.54 Å². The second kappa shape index (κ2) is 6.32. The third kappa shape index (κ3) is 2.63. The topological polar surface area (TPSA) is 32.3 Å². The van der Waals surface area contributed by atoms with E-state index >= 15 is 0 Å². The van der Waals surface area contributed by atoms with Gasteiger partial charge in [0.05, 0.1) is 6.61 Å². The van der Waals surface area contributed by atoms with Crippen LogP contribution in [0.15, 0.2) is 54.6 Å². The third-order valence-electron chi connectivity index (χ3n) is 4.53. The summed E-state index contributed by atoms with van der Waals surface area (Å²) < 4.78 is 0. The first-order chi connectivity index (χ1) is 10.8. The van der Waals surface area contributed by atoms with Gasteiger partial charge in [-0.25, -0.2) is 0 Å². The Bertz CT molecular complexity index is 934. The van der Waals surface area contributed by atoms with E-state index in [4.69, 9.17) is 0 Å². The van der Waals surface area contributed by atoms with Crippen LogP contribution in [0.4, 0.5) is 0 Å². The molecule has 0 saturated heterocycles. The standard InChI is InChI=1S/C20H19NO.ClH/c1-13(12-22)21-11-17-8-7-16-6-5-14-3-2-4-15-9-10-18(17)20(16)19(14)15;/h2-10,13,21-22H,11-12H2,1H3;1H. The van der Waals surface area contributed by atoms with Crippen LogP contribution in [-0.4, -0.2) is 17.8 Å². The zero-order chi connectivity index (χ0) is 15.1. The van der Waals surface area contributed by atoms with Crippen LogP contribution in [0.2, 0.25) is 0 Å². The Morgan fingerprint density at radius 1 is 0.870 bits per heavy atom. The van der Waals surface area contributed by atoms with Crippen molar-refractivity contribution in [2.24, 2.45) is 0 Å². The van der Waals surface area contributed by atoms with Crippen LogP contribution in [-0.2, 0) is 6.54 Å². The lowest BCUT2D eigenvalue weighted by Gasteiger charge is -2.16. The lowest BCUT2D eigenvalue weighted by atomic mass is 9.92. The van der Waals surface area contributed by atoms with Crippen LogP contribution in [0.3, 0.4) is 0 Å². The van der Waals surface area contributed by atoms with Crippen LogP contribution < -0.4 is 5.32 Å². The largest absolute Gasteiger partial charge is 0.395 e. The Kier molecular flexibility index (Phi) is 4.40. The predicted molar refractivity (Wildman–Crippen MR) is 101 cm³/mol. The summed E-state index contributed by atoms with van der Waals surface area (Å²) in [6.07, 6.45) is 0. The van der Waals surface area contributed by atoms with Crippen molar-refractivity contribution in [3.8, 4) is 0 Å². The van der Waals surface area contributed by atoms with Crippen molar-refractivity contribution in [3.63, 3.8) is 0 Å². The highest BCUT2D eigenvalue weighted by atomic mass is 35.5. The minimum Gasteiger partial charge on any atom is -0.395 e. The molecule has 3 heteroatoms. The number of nitrogens with one attached hydrogen (secondary N) is 1. The molecule has 2 nitrogen and oxygen atoms in total. The fourth-order valence-corrected chi connectivity index (χ4v) is 3.30. The molecule has 118 valence electrons. The molecule has 2 N–H and O–H groups in total. The molecule has 0 aliphatic rings. The first-order valence-electron chi connectivity index (χ1n) is 7.77. The number of aliphatic hydroxyl groups excluding tert-OH is 1. The van der Waals surface area contributed by atoms with Gasteiger partial charge in [0.25, 0.3) is 0 Å². The van der Waals surface area contributed by atoms with Gasteiger partial charge in [-0.15, -0.1) is 12.4 Å². The molecule has 0 spiro atoms. The van der Waals surface area contributed by atoms with Crippen molar-refractivity contribution >= 4 is 44.7 Å². The van der Waals surface area contributed by atoms with Gasteiger partial charge in [0.2, 0.25) is 0 Å². The van der Waals surface area contributed by atoms with Gasteiger partial charge in [-0.05, 0) is 44.8 Å². The molecule has 0 amide bonds. The quantitative estimate of drug-likeness (QED) is 0.542. The van der Waals surface area contributed by atoms with Gasteiger partial charge < -0.3 is 10.4 Å². The third-order valence-corrected chi connectivity index (χ3v) is 4.53. The van der Waals surface area contributed by atoms with E-state index in [0.29, 0.717) is 0 Å². The maximum absolute atomic E-state index is 9.19. The summed E-state index contributed by atoms with van der Waals surface area (Å²) in [5.74, 6) is 0. The number of benzene rings is 4. The van der Waals surface area contributed by atoms with Gasteiger partial charge in [0.15, 0.2) is 0 Å². The molecule has 0 heterocycles.